The minimum Gasteiger partial charge on any atom is -0.481 e. The van der Waals surface area contributed by atoms with E-state index in [1.54, 1.807) is 0 Å². The largest absolute Gasteiger partial charge is 0.481 e. The zero-order valence-electron chi connectivity index (χ0n) is 8.03. The predicted octanol–water partition coefficient (Wildman–Crippen LogP) is 3.10. The predicted molar refractivity (Wildman–Crippen MR) is 59.3 cm³/mol. The molecule has 1 unspecified atom stereocenters. The lowest BCUT2D eigenvalue weighted by atomic mass is 9.97. The number of carboxylic acids is 1. The quantitative estimate of drug-likeness (QED) is 0.899. The first-order chi connectivity index (χ1) is 6.63. The minimum absolute atomic E-state index is 0.274. The molecule has 0 aromatic heterocycles. The summed E-state index contributed by atoms with van der Waals surface area (Å²) in [6.45, 7) is 1.90. The van der Waals surface area contributed by atoms with Gasteiger partial charge in [-0.15, -0.1) is 0 Å². The third-order valence-corrected chi connectivity index (χ3v) is 2.71. The number of benzene rings is 1. The Hall–Kier alpha value is -0.830. The van der Waals surface area contributed by atoms with Gasteiger partial charge in [-0.3, -0.25) is 4.79 Å². The van der Waals surface area contributed by atoms with Gasteiger partial charge in [0.2, 0.25) is 0 Å². The van der Waals surface area contributed by atoms with Crippen LogP contribution in [0.2, 0.25) is 0 Å². The van der Waals surface area contributed by atoms with Crippen molar-refractivity contribution in [1.82, 2.24) is 0 Å². The van der Waals surface area contributed by atoms with Crippen LogP contribution in [0.25, 0.3) is 0 Å². The van der Waals surface area contributed by atoms with Crippen LogP contribution in [0.4, 0.5) is 0 Å². The van der Waals surface area contributed by atoms with Crippen LogP contribution in [-0.4, -0.2) is 11.1 Å². The second-order valence-corrected chi connectivity index (χ2v) is 4.19. The molecule has 1 aromatic rings. The van der Waals surface area contributed by atoms with Crippen LogP contribution in [0.1, 0.15) is 18.9 Å². The molecule has 0 radical (unpaired) electrons. The highest BCUT2D eigenvalue weighted by Crippen LogP contribution is 2.16. The van der Waals surface area contributed by atoms with Crippen molar-refractivity contribution in [3.8, 4) is 0 Å². The molecule has 0 bridgehead atoms. The number of carbonyl (C=O) groups is 1. The van der Waals surface area contributed by atoms with E-state index < -0.39 is 5.97 Å². The maximum absolute atomic E-state index is 10.8. The van der Waals surface area contributed by atoms with Gasteiger partial charge in [-0.05, 0) is 30.5 Å². The van der Waals surface area contributed by atoms with E-state index in [-0.39, 0.29) is 5.92 Å². The molecule has 0 spiro atoms. The van der Waals surface area contributed by atoms with Crippen LogP contribution in [0.15, 0.2) is 28.7 Å². The second-order valence-electron chi connectivity index (χ2n) is 3.28. The Morgan fingerprint density at radius 1 is 1.57 bits per heavy atom. The summed E-state index contributed by atoms with van der Waals surface area (Å²) >= 11 is 3.36. The lowest BCUT2D eigenvalue weighted by Gasteiger charge is -2.09. The molecule has 0 heterocycles. The van der Waals surface area contributed by atoms with E-state index >= 15 is 0 Å². The average molecular weight is 257 g/mol. The molecule has 0 saturated heterocycles. The molecule has 1 aromatic carbocycles. The van der Waals surface area contributed by atoms with Crippen molar-refractivity contribution in [2.24, 2.45) is 5.92 Å². The standard InChI is InChI=1S/C11H13BrO2/c1-2-9(11(13)14)6-8-4-3-5-10(12)7-8/h3-5,7,9H,2,6H2,1H3,(H,13,14). The van der Waals surface area contributed by atoms with Crippen LogP contribution in [-0.2, 0) is 11.2 Å². The fourth-order valence-electron chi connectivity index (χ4n) is 1.35. The van der Waals surface area contributed by atoms with Crippen molar-refractivity contribution in [2.75, 3.05) is 0 Å². The first kappa shape index (κ1) is 11.2. The smallest absolute Gasteiger partial charge is 0.306 e. The molecule has 0 fully saturated rings. The van der Waals surface area contributed by atoms with Crippen molar-refractivity contribution in [1.29, 1.82) is 0 Å². The number of aliphatic carboxylic acids is 1. The monoisotopic (exact) mass is 256 g/mol. The van der Waals surface area contributed by atoms with E-state index in [2.05, 4.69) is 15.9 Å². The Kier molecular flexibility index (Phi) is 4.14. The summed E-state index contributed by atoms with van der Waals surface area (Å²) in [7, 11) is 0. The van der Waals surface area contributed by atoms with E-state index in [1.165, 1.54) is 0 Å². The summed E-state index contributed by atoms with van der Waals surface area (Å²) in [6.07, 6.45) is 1.27. The zero-order valence-corrected chi connectivity index (χ0v) is 9.62. The molecule has 0 aliphatic carbocycles. The molecule has 3 heteroatoms. The summed E-state index contributed by atoms with van der Waals surface area (Å²) in [5.41, 5.74) is 1.06. The van der Waals surface area contributed by atoms with E-state index in [0.29, 0.717) is 12.8 Å². The number of hydrogen-bond donors (Lipinski definition) is 1. The highest BCUT2D eigenvalue weighted by atomic mass is 79.9. The number of carboxylic acid groups (broad SMARTS) is 1. The van der Waals surface area contributed by atoms with Gasteiger partial charge in [0.25, 0.3) is 0 Å². The van der Waals surface area contributed by atoms with E-state index in [4.69, 9.17) is 5.11 Å². The summed E-state index contributed by atoms with van der Waals surface area (Å²) in [5, 5.41) is 8.89. The van der Waals surface area contributed by atoms with E-state index in [9.17, 15) is 4.79 Å². The van der Waals surface area contributed by atoms with Crippen molar-refractivity contribution in [2.45, 2.75) is 19.8 Å². The first-order valence-electron chi connectivity index (χ1n) is 4.60. The van der Waals surface area contributed by atoms with Gasteiger partial charge in [0.05, 0.1) is 5.92 Å². The average Bonchev–Trinajstić information content (AvgIpc) is 2.14. The van der Waals surface area contributed by atoms with Gasteiger partial charge in [-0.2, -0.15) is 0 Å². The molecule has 1 N–H and O–H groups in total. The van der Waals surface area contributed by atoms with Crippen LogP contribution >= 0.6 is 15.9 Å². The summed E-state index contributed by atoms with van der Waals surface area (Å²) < 4.78 is 0.996. The molecule has 76 valence electrons. The maximum Gasteiger partial charge on any atom is 0.306 e. The van der Waals surface area contributed by atoms with Crippen molar-refractivity contribution >= 4 is 21.9 Å². The van der Waals surface area contributed by atoms with Gasteiger partial charge in [0, 0.05) is 4.47 Å². The third kappa shape index (κ3) is 3.14. The van der Waals surface area contributed by atoms with Crippen molar-refractivity contribution in [3.63, 3.8) is 0 Å². The molecule has 0 amide bonds. The van der Waals surface area contributed by atoms with E-state index in [0.717, 1.165) is 10.0 Å². The van der Waals surface area contributed by atoms with Crippen molar-refractivity contribution in [3.05, 3.63) is 34.3 Å². The van der Waals surface area contributed by atoms with Crippen LogP contribution in [0.5, 0.6) is 0 Å². The molecule has 14 heavy (non-hydrogen) atoms. The third-order valence-electron chi connectivity index (χ3n) is 2.21. The minimum atomic E-state index is -0.715. The van der Waals surface area contributed by atoms with Gasteiger partial charge >= 0.3 is 5.97 Å². The van der Waals surface area contributed by atoms with Crippen LogP contribution in [0.3, 0.4) is 0 Å². The van der Waals surface area contributed by atoms with Gasteiger partial charge in [0.15, 0.2) is 0 Å². The zero-order chi connectivity index (χ0) is 10.6. The summed E-state index contributed by atoms with van der Waals surface area (Å²) in [4.78, 5) is 10.8. The fraction of sp³-hybridized carbons (Fsp3) is 0.364. The highest BCUT2D eigenvalue weighted by Gasteiger charge is 2.15. The first-order valence-corrected chi connectivity index (χ1v) is 5.40. The molecule has 2 nitrogen and oxygen atoms in total. The Labute approximate surface area is 92.1 Å². The topological polar surface area (TPSA) is 37.3 Å². The number of hydrogen-bond acceptors (Lipinski definition) is 1. The van der Waals surface area contributed by atoms with Gasteiger partial charge in [-0.25, -0.2) is 0 Å². The molecule has 1 atom stereocenters. The number of rotatable bonds is 4. The molecule has 0 saturated carbocycles. The Morgan fingerprint density at radius 2 is 2.29 bits per heavy atom. The summed E-state index contributed by atoms with van der Waals surface area (Å²) in [5.74, 6) is -0.989. The summed E-state index contributed by atoms with van der Waals surface area (Å²) in [6, 6.07) is 7.78. The van der Waals surface area contributed by atoms with E-state index in [1.807, 2.05) is 31.2 Å². The molecular weight excluding hydrogens is 244 g/mol. The van der Waals surface area contributed by atoms with Crippen LogP contribution < -0.4 is 0 Å². The highest BCUT2D eigenvalue weighted by molar-refractivity contribution is 9.10. The molecular formula is C11H13BrO2. The maximum atomic E-state index is 10.8. The van der Waals surface area contributed by atoms with Crippen LogP contribution in [0, 0.1) is 5.92 Å². The Balaban J connectivity index is 2.72. The lowest BCUT2D eigenvalue weighted by molar-refractivity contribution is -0.141. The fourth-order valence-corrected chi connectivity index (χ4v) is 1.80. The Morgan fingerprint density at radius 3 is 2.79 bits per heavy atom. The van der Waals surface area contributed by atoms with Gasteiger partial charge < -0.3 is 5.11 Å². The molecule has 0 aliphatic heterocycles. The Bertz CT molecular complexity index is 323. The van der Waals surface area contributed by atoms with Crippen molar-refractivity contribution < 1.29 is 9.90 Å². The SMILES string of the molecule is CCC(Cc1cccc(Br)c1)C(=O)O. The van der Waals surface area contributed by atoms with Gasteiger partial charge in [0.1, 0.15) is 0 Å². The molecule has 0 aliphatic rings. The lowest BCUT2D eigenvalue weighted by Crippen LogP contribution is -2.15. The van der Waals surface area contributed by atoms with Gasteiger partial charge in [-0.1, -0.05) is 35.0 Å². The molecule has 1 rings (SSSR count). The normalized spacial score (nSPS) is 12.4. The second kappa shape index (κ2) is 5.15. The number of halogens is 1.